The third-order valence-corrected chi connectivity index (χ3v) is 4.08. The van der Waals surface area contributed by atoms with Crippen LogP contribution in [0.2, 0.25) is 0 Å². The fourth-order valence-electron chi connectivity index (χ4n) is 2.47. The molecular weight excluding hydrogens is 334 g/mol. The van der Waals surface area contributed by atoms with Gasteiger partial charge in [0, 0.05) is 31.7 Å². The highest BCUT2D eigenvalue weighted by atomic mass is 79.9. The van der Waals surface area contributed by atoms with Crippen LogP contribution in [0.5, 0.6) is 5.75 Å². The molecule has 0 aliphatic carbocycles. The van der Waals surface area contributed by atoms with Crippen LogP contribution < -0.4 is 5.32 Å². The van der Waals surface area contributed by atoms with Gasteiger partial charge in [0.05, 0.1) is 4.47 Å². The number of nitrogens with zero attached hydrogens (tertiary/aromatic N) is 1. The van der Waals surface area contributed by atoms with E-state index in [-0.39, 0.29) is 11.3 Å². The molecule has 0 amide bonds. The summed E-state index contributed by atoms with van der Waals surface area (Å²) >= 11 is 3.14. The van der Waals surface area contributed by atoms with E-state index < -0.39 is 18.6 Å². The number of aliphatic hydroxyl groups excluding tert-OH is 1. The summed E-state index contributed by atoms with van der Waals surface area (Å²) in [6.07, 6.45) is 0. The van der Waals surface area contributed by atoms with E-state index in [1.54, 1.807) is 17.0 Å². The van der Waals surface area contributed by atoms with Gasteiger partial charge >= 0.3 is 0 Å². The summed E-state index contributed by atoms with van der Waals surface area (Å²) in [6.45, 7) is 0.825. The number of aromatic hydroxyl groups is 1. The Bertz CT molecular complexity index is 468. The predicted molar refractivity (Wildman–Crippen MR) is 75.0 cm³/mol. The molecule has 0 spiro atoms. The number of halogens is 3. The van der Waals surface area contributed by atoms with Crippen molar-refractivity contribution in [2.24, 2.45) is 0 Å². The fourth-order valence-corrected chi connectivity index (χ4v) is 2.85. The molecule has 7 heteroatoms. The van der Waals surface area contributed by atoms with E-state index in [0.717, 1.165) is 0 Å². The Morgan fingerprint density at radius 3 is 2.60 bits per heavy atom. The second-order valence-electron chi connectivity index (χ2n) is 4.79. The number of aliphatic hydroxyl groups is 1. The minimum absolute atomic E-state index is 0.125. The first kappa shape index (κ1) is 15.6. The van der Waals surface area contributed by atoms with E-state index in [9.17, 15) is 13.9 Å². The molecule has 1 aromatic rings. The fraction of sp³-hybridized carbons (Fsp3) is 0.538. The Hall–Kier alpha value is -0.760. The van der Waals surface area contributed by atoms with Gasteiger partial charge in [-0.05, 0) is 22.0 Å². The number of para-hydroxylation sites is 1. The lowest BCUT2D eigenvalue weighted by Gasteiger charge is -2.39. The highest BCUT2D eigenvalue weighted by molar-refractivity contribution is 9.10. The molecule has 2 rings (SSSR count). The Kier molecular flexibility index (Phi) is 4.95. The summed E-state index contributed by atoms with van der Waals surface area (Å²) in [5.41, 5.74) is 0.125. The van der Waals surface area contributed by atoms with Crippen LogP contribution in [0.3, 0.4) is 0 Å². The van der Waals surface area contributed by atoms with E-state index >= 15 is 0 Å². The van der Waals surface area contributed by atoms with Crippen LogP contribution in [0.15, 0.2) is 22.7 Å². The average molecular weight is 351 g/mol. The third-order valence-electron chi connectivity index (χ3n) is 3.44. The lowest BCUT2D eigenvalue weighted by Crippen LogP contribution is -2.51. The second kappa shape index (κ2) is 6.34. The van der Waals surface area contributed by atoms with Gasteiger partial charge in [0.2, 0.25) is 0 Å². The van der Waals surface area contributed by atoms with Crippen LogP contribution >= 0.6 is 15.9 Å². The van der Waals surface area contributed by atoms with Crippen molar-refractivity contribution in [1.29, 1.82) is 0 Å². The number of benzene rings is 1. The monoisotopic (exact) mass is 350 g/mol. The van der Waals surface area contributed by atoms with Crippen LogP contribution in [0, 0.1) is 0 Å². The van der Waals surface area contributed by atoms with Gasteiger partial charge in [-0.1, -0.05) is 12.1 Å². The maximum atomic E-state index is 14.2. The van der Waals surface area contributed by atoms with Crippen LogP contribution in [0.25, 0.3) is 0 Å². The minimum atomic E-state index is -3.32. The molecule has 0 aromatic heterocycles. The van der Waals surface area contributed by atoms with Crippen molar-refractivity contribution in [1.82, 2.24) is 10.2 Å². The summed E-state index contributed by atoms with van der Waals surface area (Å²) < 4.78 is 28.7. The third kappa shape index (κ3) is 3.11. The van der Waals surface area contributed by atoms with Gasteiger partial charge in [-0.25, -0.2) is 8.78 Å². The highest BCUT2D eigenvalue weighted by Crippen LogP contribution is 2.42. The largest absolute Gasteiger partial charge is 0.506 e. The number of phenols is 1. The van der Waals surface area contributed by atoms with Crippen molar-refractivity contribution < 1.29 is 19.0 Å². The lowest BCUT2D eigenvalue weighted by atomic mass is 9.97. The molecule has 1 fully saturated rings. The Balaban J connectivity index is 2.42. The van der Waals surface area contributed by atoms with Crippen LogP contribution in [-0.4, -0.2) is 53.8 Å². The van der Waals surface area contributed by atoms with Gasteiger partial charge in [0.1, 0.15) is 18.4 Å². The maximum absolute atomic E-state index is 14.2. The molecule has 4 nitrogen and oxygen atoms in total. The van der Waals surface area contributed by atoms with Crippen molar-refractivity contribution in [3.05, 3.63) is 28.2 Å². The lowest BCUT2D eigenvalue weighted by molar-refractivity contribution is -0.119. The van der Waals surface area contributed by atoms with E-state index in [0.29, 0.717) is 30.7 Å². The zero-order valence-electron chi connectivity index (χ0n) is 10.8. The Labute approximate surface area is 124 Å². The number of piperazine rings is 1. The summed E-state index contributed by atoms with van der Waals surface area (Å²) in [6, 6.07) is 3.31. The van der Waals surface area contributed by atoms with Crippen LogP contribution in [0.4, 0.5) is 8.78 Å². The van der Waals surface area contributed by atoms with Crippen molar-refractivity contribution in [2.45, 2.75) is 12.0 Å². The first-order chi connectivity index (χ1) is 9.47. The predicted octanol–water partition coefficient (Wildman–Crippen LogP) is 1.73. The van der Waals surface area contributed by atoms with E-state index in [1.165, 1.54) is 6.07 Å². The molecule has 1 heterocycles. The molecular formula is C13H17BrF2N2O2. The smallest absolute Gasteiger partial charge is 0.290 e. The molecule has 112 valence electrons. The molecule has 3 N–H and O–H groups in total. The van der Waals surface area contributed by atoms with E-state index in [2.05, 4.69) is 21.2 Å². The van der Waals surface area contributed by atoms with Gasteiger partial charge in [0.25, 0.3) is 5.92 Å². The van der Waals surface area contributed by atoms with Crippen molar-refractivity contribution in [2.75, 3.05) is 32.8 Å². The maximum Gasteiger partial charge on any atom is 0.290 e. The van der Waals surface area contributed by atoms with Gasteiger partial charge in [-0.15, -0.1) is 0 Å². The Morgan fingerprint density at radius 2 is 2.00 bits per heavy atom. The quantitative estimate of drug-likeness (QED) is 0.774. The van der Waals surface area contributed by atoms with Crippen LogP contribution in [0.1, 0.15) is 11.6 Å². The molecule has 1 saturated heterocycles. The van der Waals surface area contributed by atoms with Crippen molar-refractivity contribution in [3.63, 3.8) is 0 Å². The molecule has 20 heavy (non-hydrogen) atoms. The zero-order valence-corrected chi connectivity index (χ0v) is 12.4. The average Bonchev–Trinajstić information content (AvgIpc) is 2.45. The minimum Gasteiger partial charge on any atom is -0.506 e. The zero-order chi connectivity index (χ0) is 14.8. The molecule has 1 aliphatic heterocycles. The first-order valence-corrected chi connectivity index (χ1v) is 7.17. The summed E-state index contributed by atoms with van der Waals surface area (Å²) in [5, 5.41) is 22.2. The molecule has 0 bridgehead atoms. The molecule has 1 aliphatic rings. The van der Waals surface area contributed by atoms with Gasteiger partial charge < -0.3 is 15.5 Å². The first-order valence-electron chi connectivity index (χ1n) is 6.38. The van der Waals surface area contributed by atoms with E-state index in [4.69, 9.17) is 5.11 Å². The molecule has 0 saturated carbocycles. The summed E-state index contributed by atoms with van der Waals surface area (Å²) in [5.74, 6) is -3.53. The summed E-state index contributed by atoms with van der Waals surface area (Å²) in [7, 11) is 0. The number of phenolic OH excluding ortho intramolecular Hbond substituents is 1. The number of alkyl halides is 2. The van der Waals surface area contributed by atoms with Gasteiger partial charge in [-0.2, -0.15) is 0 Å². The van der Waals surface area contributed by atoms with Gasteiger partial charge in [0.15, 0.2) is 0 Å². The van der Waals surface area contributed by atoms with Gasteiger partial charge in [-0.3, -0.25) is 4.90 Å². The number of hydrogen-bond acceptors (Lipinski definition) is 4. The van der Waals surface area contributed by atoms with E-state index in [1.807, 2.05) is 0 Å². The number of hydrogen-bond donors (Lipinski definition) is 3. The molecule has 0 unspecified atom stereocenters. The highest BCUT2D eigenvalue weighted by Gasteiger charge is 2.45. The molecule has 1 aromatic carbocycles. The normalized spacial score (nSPS) is 19.0. The second-order valence-corrected chi connectivity index (χ2v) is 5.64. The van der Waals surface area contributed by atoms with Crippen molar-refractivity contribution >= 4 is 15.9 Å². The molecule has 1 atom stereocenters. The topological polar surface area (TPSA) is 55.7 Å². The number of rotatable bonds is 4. The molecule has 0 radical (unpaired) electrons. The van der Waals surface area contributed by atoms with Crippen molar-refractivity contribution in [3.8, 4) is 5.75 Å². The van der Waals surface area contributed by atoms with Crippen LogP contribution in [-0.2, 0) is 0 Å². The standard InChI is InChI=1S/C13H17BrF2N2O2/c14-10-3-1-2-9(11(10)20)12(13(15,16)8-19)18-6-4-17-5-7-18/h1-3,12,17,19-20H,4-8H2/t12-/m0/s1. The Morgan fingerprint density at radius 1 is 1.35 bits per heavy atom. The summed E-state index contributed by atoms with van der Waals surface area (Å²) in [4.78, 5) is 1.59. The number of nitrogens with one attached hydrogen (secondary N) is 1. The SMILES string of the molecule is OCC(F)(F)[C@H](c1cccc(Br)c1O)N1CCNCC1.